The molecule has 2 N–H and O–H groups in total. The molecule has 1 aromatic carbocycles. The molecule has 1 aliphatic heterocycles. The molecule has 0 aromatic heterocycles. The molecule has 3 rings (SSSR count). The van der Waals surface area contributed by atoms with Crippen molar-refractivity contribution in [2.45, 2.75) is 32.1 Å². The van der Waals surface area contributed by atoms with E-state index in [-0.39, 0.29) is 23.2 Å². The fourth-order valence-electron chi connectivity index (χ4n) is 3.58. The van der Waals surface area contributed by atoms with Crippen LogP contribution < -0.4 is 10.6 Å². The van der Waals surface area contributed by atoms with Crippen LogP contribution in [0.3, 0.4) is 0 Å². The minimum atomic E-state index is -0.580. The lowest BCUT2D eigenvalue weighted by Crippen LogP contribution is -2.34. The summed E-state index contributed by atoms with van der Waals surface area (Å²) in [4.78, 5) is 12.3. The van der Waals surface area contributed by atoms with Crippen molar-refractivity contribution in [3.63, 3.8) is 0 Å². The minimum Gasteiger partial charge on any atom is -0.355 e. The van der Waals surface area contributed by atoms with Crippen LogP contribution in [0.2, 0.25) is 0 Å². The summed E-state index contributed by atoms with van der Waals surface area (Å²) in [5, 5.41) is 6.25. The van der Waals surface area contributed by atoms with Crippen LogP contribution in [0, 0.1) is 23.0 Å². The lowest BCUT2D eigenvalue weighted by Gasteiger charge is -2.23. The third-order valence-electron chi connectivity index (χ3n) is 5.18. The van der Waals surface area contributed by atoms with Gasteiger partial charge in [0.15, 0.2) is 0 Å². The zero-order chi connectivity index (χ0) is 15.7. The number of hydrogen-bond acceptors (Lipinski definition) is 2. The van der Waals surface area contributed by atoms with Crippen LogP contribution >= 0.6 is 0 Å². The van der Waals surface area contributed by atoms with Gasteiger partial charge in [0.1, 0.15) is 11.6 Å². The second kappa shape index (κ2) is 5.95. The Morgan fingerprint density at radius 2 is 2.14 bits per heavy atom. The fraction of sp³-hybridized carbons (Fsp3) is 0.588. The van der Waals surface area contributed by atoms with Crippen molar-refractivity contribution in [2.75, 3.05) is 19.6 Å². The van der Waals surface area contributed by atoms with Crippen molar-refractivity contribution in [1.29, 1.82) is 0 Å². The van der Waals surface area contributed by atoms with E-state index < -0.39 is 11.6 Å². The summed E-state index contributed by atoms with van der Waals surface area (Å²) in [6.45, 7) is 4.19. The highest BCUT2D eigenvalue weighted by molar-refractivity contribution is 5.82. The number of halogens is 2. The number of carbonyl (C=O) groups excluding carboxylic acids is 1. The van der Waals surface area contributed by atoms with Crippen molar-refractivity contribution in [1.82, 2.24) is 10.6 Å². The standard InChI is InChI=1S/C17H22F2N2O/c1-11(13-3-2-12(18)8-15(13)19)10-21-16(22)14-9-17(14)4-6-20-7-5-17/h2-3,8,11,14,20H,4-7,9-10H2,1H3,(H,21,22). The van der Waals surface area contributed by atoms with E-state index in [1.165, 1.54) is 12.1 Å². The highest BCUT2D eigenvalue weighted by atomic mass is 19.1. The third kappa shape index (κ3) is 3.00. The summed E-state index contributed by atoms with van der Waals surface area (Å²) in [6, 6.07) is 3.59. The Morgan fingerprint density at radius 1 is 1.41 bits per heavy atom. The second-order valence-electron chi connectivity index (χ2n) is 6.68. The Balaban J connectivity index is 1.53. The van der Waals surface area contributed by atoms with E-state index >= 15 is 0 Å². The van der Waals surface area contributed by atoms with Crippen LogP contribution in [-0.4, -0.2) is 25.5 Å². The summed E-state index contributed by atoms with van der Waals surface area (Å²) in [5.41, 5.74) is 0.647. The summed E-state index contributed by atoms with van der Waals surface area (Å²) < 4.78 is 26.6. The van der Waals surface area contributed by atoms with Crippen molar-refractivity contribution in [2.24, 2.45) is 11.3 Å². The van der Waals surface area contributed by atoms with Crippen LogP contribution in [0.4, 0.5) is 8.78 Å². The number of amides is 1. The largest absolute Gasteiger partial charge is 0.355 e. The Morgan fingerprint density at radius 3 is 2.82 bits per heavy atom. The van der Waals surface area contributed by atoms with E-state index in [9.17, 15) is 13.6 Å². The molecule has 1 heterocycles. The molecule has 0 bridgehead atoms. The van der Waals surface area contributed by atoms with E-state index in [1.807, 2.05) is 6.92 Å². The molecule has 2 atom stereocenters. The van der Waals surface area contributed by atoms with Gasteiger partial charge in [0, 0.05) is 24.4 Å². The quantitative estimate of drug-likeness (QED) is 0.897. The average Bonchev–Trinajstić information content (AvgIpc) is 3.18. The second-order valence-corrected chi connectivity index (χ2v) is 6.68. The van der Waals surface area contributed by atoms with Gasteiger partial charge in [0.05, 0.1) is 0 Å². The number of benzene rings is 1. The third-order valence-corrected chi connectivity index (χ3v) is 5.18. The molecule has 2 aliphatic rings. The van der Waals surface area contributed by atoms with Gasteiger partial charge >= 0.3 is 0 Å². The lowest BCUT2D eigenvalue weighted by molar-refractivity contribution is -0.123. The Kier molecular flexibility index (Phi) is 4.17. The number of hydrogen-bond donors (Lipinski definition) is 2. The SMILES string of the molecule is CC(CNC(=O)C1CC12CCNCC2)c1ccc(F)cc1F. The van der Waals surface area contributed by atoms with Gasteiger partial charge in [-0.3, -0.25) is 4.79 Å². The minimum absolute atomic E-state index is 0.0799. The first-order chi connectivity index (χ1) is 10.5. The molecule has 22 heavy (non-hydrogen) atoms. The van der Waals surface area contributed by atoms with Gasteiger partial charge in [-0.05, 0) is 49.4 Å². The molecule has 1 aliphatic carbocycles. The van der Waals surface area contributed by atoms with Gasteiger partial charge in [-0.15, -0.1) is 0 Å². The van der Waals surface area contributed by atoms with Gasteiger partial charge in [-0.25, -0.2) is 8.78 Å². The maximum Gasteiger partial charge on any atom is 0.223 e. The molecule has 2 unspecified atom stereocenters. The first-order valence-corrected chi connectivity index (χ1v) is 7.95. The van der Waals surface area contributed by atoms with Crippen molar-refractivity contribution >= 4 is 5.91 Å². The number of carbonyl (C=O) groups is 1. The van der Waals surface area contributed by atoms with E-state index in [0.717, 1.165) is 38.4 Å². The molecular formula is C17H22F2N2O. The maximum absolute atomic E-state index is 13.7. The summed E-state index contributed by atoms with van der Waals surface area (Å²) >= 11 is 0. The van der Waals surface area contributed by atoms with Crippen molar-refractivity contribution in [3.05, 3.63) is 35.4 Å². The molecular weight excluding hydrogens is 286 g/mol. The van der Waals surface area contributed by atoms with Gasteiger partial charge in [0.2, 0.25) is 5.91 Å². The van der Waals surface area contributed by atoms with Gasteiger partial charge < -0.3 is 10.6 Å². The van der Waals surface area contributed by atoms with Crippen LogP contribution in [0.1, 0.15) is 37.7 Å². The molecule has 120 valence electrons. The van der Waals surface area contributed by atoms with Gasteiger partial charge in [-0.1, -0.05) is 13.0 Å². The highest BCUT2D eigenvalue weighted by Crippen LogP contribution is 2.58. The topological polar surface area (TPSA) is 41.1 Å². The van der Waals surface area contributed by atoms with E-state index in [1.54, 1.807) is 0 Å². The normalized spacial score (nSPS) is 24.0. The van der Waals surface area contributed by atoms with Crippen LogP contribution in [-0.2, 0) is 4.79 Å². The monoisotopic (exact) mass is 308 g/mol. The Labute approximate surface area is 129 Å². The molecule has 1 aromatic rings. The smallest absolute Gasteiger partial charge is 0.223 e. The van der Waals surface area contributed by atoms with E-state index in [0.29, 0.717) is 12.1 Å². The van der Waals surface area contributed by atoms with Crippen LogP contribution in [0.5, 0.6) is 0 Å². The number of nitrogens with one attached hydrogen (secondary N) is 2. The molecule has 1 spiro atoms. The molecule has 0 radical (unpaired) electrons. The van der Waals surface area contributed by atoms with Crippen LogP contribution in [0.15, 0.2) is 18.2 Å². The predicted octanol–water partition coefficient (Wildman–Crippen LogP) is 2.57. The average molecular weight is 308 g/mol. The van der Waals surface area contributed by atoms with Gasteiger partial charge in [-0.2, -0.15) is 0 Å². The first-order valence-electron chi connectivity index (χ1n) is 7.95. The lowest BCUT2D eigenvalue weighted by atomic mass is 9.91. The molecule has 1 saturated heterocycles. The maximum atomic E-state index is 13.7. The molecule has 3 nitrogen and oxygen atoms in total. The highest BCUT2D eigenvalue weighted by Gasteiger charge is 2.57. The molecule has 5 heteroatoms. The van der Waals surface area contributed by atoms with E-state index in [2.05, 4.69) is 10.6 Å². The summed E-state index contributed by atoms with van der Waals surface area (Å²) in [6.07, 6.45) is 3.10. The summed E-state index contributed by atoms with van der Waals surface area (Å²) in [7, 11) is 0. The number of rotatable bonds is 4. The fourth-order valence-corrected chi connectivity index (χ4v) is 3.58. The van der Waals surface area contributed by atoms with Crippen molar-refractivity contribution in [3.8, 4) is 0 Å². The zero-order valence-electron chi connectivity index (χ0n) is 12.8. The molecule has 1 amide bonds. The first kappa shape index (κ1) is 15.4. The Bertz CT molecular complexity index is 570. The predicted molar refractivity (Wildman–Crippen MR) is 80.4 cm³/mol. The summed E-state index contributed by atoms with van der Waals surface area (Å²) in [5.74, 6) is -1.12. The zero-order valence-corrected chi connectivity index (χ0v) is 12.8. The number of piperidine rings is 1. The van der Waals surface area contributed by atoms with Gasteiger partial charge in [0.25, 0.3) is 0 Å². The Hall–Kier alpha value is -1.49. The van der Waals surface area contributed by atoms with E-state index in [4.69, 9.17) is 0 Å². The van der Waals surface area contributed by atoms with Crippen LogP contribution in [0.25, 0.3) is 0 Å². The molecule has 2 fully saturated rings. The molecule has 1 saturated carbocycles. The van der Waals surface area contributed by atoms with Crippen molar-refractivity contribution < 1.29 is 13.6 Å².